The van der Waals surface area contributed by atoms with E-state index in [1.54, 1.807) is 12.4 Å². The molecule has 3 aliphatic rings. The van der Waals surface area contributed by atoms with Gasteiger partial charge >= 0.3 is 0 Å². The first-order chi connectivity index (χ1) is 16.7. The zero-order valence-corrected chi connectivity index (χ0v) is 18.0. The van der Waals surface area contributed by atoms with E-state index in [1.807, 2.05) is 28.7 Å². The van der Waals surface area contributed by atoms with E-state index in [-0.39, 0.29) is 11.7 Å². The molecule has 3 aliphatic heterocycles. The Morgan fingerprint density at radius 2 is 2.09 bits per heavy atom. The van der Waals surface area contributed by atoms with Crippen LogP contribution in [0.2, 0.25) is 0 Å². The van der Waals surface area contributed by atoms with Crippen molar-refractivity contribution >= 4 is 23.1 Å². The highest BCUT2D eigenvalue weighted by atomic mass is 19.1. The fourth-order valence-electron chi connectivity index (χ4n) is 5.20. The molecule has 1 saturated heterocycles. The second-order valence-corrected chi connectivity index (χ2v) is 8.84. The molecule has 2 atom stereocenters. The van der Waals surface area contributed by atoms with Crippen LogP contribution in [0, 0.1) is 11.7 Å². The van der Waals surface area contributed by atoms with Gasteiger partial charge in [-0.3, -0.25) is 9.20 Å². The number of carbonyl (C=O) groups excluding carboxylic acids is 1. The number of pyridine rings is 2. The van der Waals surface area contributed by atoms with Crippen molar-refractivity contribution in [3.63, 3.8) is 0 Å². The molecular weight excluding hydrogens is 437 g/mol. The summed E-state index contributed by atoms with van der Waals surface area (Å²) in [5.74, 6) is 1.42. The molecule has 170 valence electrons. The molecule has 1 fully saturated rings. The number of halogens is 1. The number of rotatable bonds is 3. The lowest BCUT2D eigenvalue weighted by Gasteiger charge is -2.26. The summed E-state index contributed by atoms with van der Waals surface area (Å²) in [6, 6.07) is 10.5. The van der Waals surface area contributed by atoms with Gasteiger partial charge in [-0.1, -0.05) is 6.07 Å². The Kier molecular flexibility index (Phi) is 4.16. The Morgan fingerprint density at radius 3 is 3.03 bits per heavy atom. The van der Waals surface area contributed by atoms with E-state index in [0.717, 1.165) is 29.0 Å². The van der Waals surface area contributed by atoms with Crippen LogP contribution in [0.5, 0.6) is 5.88 Å². The number of ether oxygens (including phenoxy) is 2. The number of hydrogen-bond acceptors (Lipinski definition) is 6. The average Bonchev–Trinajstić information content (AvgIpc) is 3.58. The summed E-state index contributed by atoms with van der Waals surface area (Å²) in [6.45, 7) is 2.42. The molecule has 0 bridgehead atoms. The maximum absolute atomic E-state index is 13.6. The van der Waals surface area contributed by atoms with Crippen molar-refractivity contribution in [1.29, 1.82) is 0 Å². The van der Waals surface area contributed by atoms with E-state index >= 15 is 0 Å². The molecule has 4 aromatic rings. The van der Waals surface area contributed by atoms with E-state index in [9.17, 15) is 9.18 Å². The molecule has 34 heavy (non-hydrogen) atoms. The lowest BCUT2D eigenvalue weighted by molar-refractivity contribution is 0.0966. The van der Waals surface area contributed by atoms with Crippen LogP contribution in [0.15, 0.2) is 48.8 Å². The molecule has 0 spiro atoms. The van der Waals surface area contributed by atoms with E-state index in [0.29, 0.717) is 60.2 Å². The minimum absolute atomic E-state index is 0.153. The number of aromatic nitrogens is 3. The first-order valence-electron chi connectivity index (χ1n) is 11.2. The maximum atomic E-state index is 13.6. The third-order valence-electron chi connectivity index (χ3n) is 6.90. The summed E-state index contributed by atoms with van der Waals surface area (Å²) in [6.07, 6.45) is 3.34. The molecule has 0 aliphatic carbocycles. The third kappa shape index (κ3) is 2.90. The van der Waals surface area contributed by atoms with Crippen LogP contribution in [-0.2, 0) is 11.3 Å². The fraction of sp³-hybridized carbons (Fsp3) is 0.240. The summed E-state index contributed by atoms with van der Waals surface area (Å²) in [7, 11) is 0. The van der Waals surface area contributed by atoms with Crippen LogP contribution in [-0.4, -0.2) is 40.1 Å². The van der Waals surface area contributed by atoms with Crippen LogP contribution in [0.25, 0.3) is 16.9 Å². The summed E-state index contributed by atoms with van der Waals surface area (Å²) in [5, 5.41) is 6.22. The Hall–Kier alpha value is -3.98. The van der Waals surface area contributed by atoms with Crippen molar-refractivity contribution in [2.75, 3.05) is 25.1 Å². The van der Waals surface area contributed by atoms with Crippen molar-refractivity contribution in [1.82, 2.24) is 19.7 Å². The first kappa shape index (κ1) is 19.5. The molecule has 0 unspecified atom stereocenters. The normalized spacial score (nSPS) is 20.4. The summed E-state index contributed by atoms with van der Waals surface area (Å²) < 4.78 is 26.9. The van der Waals surface area contributed by atoms with E-state index < -0.39 is 0 Å². The number of carbonyl (C=O) groups is 1. The zero-order valence-electron chi connectivity index (χ0n) is 18.0. The number of imidazole rings is 1. The van der Waals surface area contributed by atoms with Crippen molar-refractivity contribution in [3.05, 3.63) is 71.3 Å². The van der Waals surface area contributed by atoms with Gasteiger partial charge in [0.25, 0.3) is 5.91 Å². The fourth-order valence-corrected chi connectivity index (χ4v) is 5.20. The summed E-state index contributed by atoms with van der Waals surface area (Å²) in [5.41, 5.74) is 5.34. The van der Waals surface area contributed by atoms with E-state index in [4.69, 9.17) is 9.47 Å². The Morgan fingerprint density at radius 1 is 1.15 bits per heavy atom. The topological polar surface area (TPSA) is 89.8 Å². The highest BCUT2D eigenvalue weighted by Gasteiger charge is 2.36. The molecule has 9 heteroatoms. The predicted molar refractivity (Wildman–Crippen MR) is 122 cm³/mol. The van der Waals surface area contributed by atoms with E-state index in [2.05, 4.69) is 20.6 Å². The van der Waals surface area contributed by atoms with Crippen LogP contribution in [0.4, 0.5) is 15.9 Å². The van der Waals surface area contributed by atoms with Gasteiger partial charge in [-0.25, -0.2) is 9.37 Å². The average molecular weight is 457 g/mol. The summed E-state index contributed by atoms with van der Waals surface area (Å²) in [4.78, 5) is 21.8. The standard InChI is InChI=1S/C25H20FN5O3/c26-14-5-6-31-20(9-27-22(31)7-14)15-1-3-19(23-17(15)8-28-24(23)32)29-21-4-2-16-18-12-33-10-13(18)11-34-25(16)30-21/h1-7,9,13,18H,8,10-12H2,(H,28,32)(H,29,30)/t13-,18-/m0/s1. The van der Waals surface area contributed by atoms with Crippen molar-refractivity contribution in [3.8, 4) is 17.1 Å². The number of fused-ring (bicyclic) bond motifs is 5. The second-order valence-electron chi connectivity index (χ2n) is 8.84. The Bertz CT molecular complexity index is 1480. The highest BCUT2D eigenvalue weighted by Crippen LogP contribution is 2.41. The van der Waals surface area contributed by atoms with Gasteiger partial charge in [0.05, 0.1) is 43.0 Å². The van der Waals surface area contributed by atoms with Gasteiger partial charge in [0, 0.05) is 41.8 Å². The third-order valence-corrected chi connectivity index (χ3v) is 6.90. The second kappa shape index (κ2) is 7.26. The molecule has 1 aromatic carbocycles. The molecular formula is C25H20FN5O3. The van der Waals surface area contributed by atoms with Crippen molar-refractivity contribution in [2.24, 2.45) is 5.92 Å². The number of nitrogens with one attached hydrogen (secondary N) is 2. The number of anilines is 2. The zero-order chi connectivity index (χ0) is 22.8. The number of benzene rings is 1. The van der Waals surface area contributed by atoms with Gasteiger partial charge in [0.1, 0.15) is 17.3 Å². The van der Waals surface area contributed by atoms with Gasteiger partial charge < -0.3 is 20.1 Å². The number of hydrogen-bond donors (Lipinski definition) is 2. The monoisotopic (exact) mass is 457 g/mol. The number of nitrogens with zero attached hydrogens (tertiary/aromatic N) is 3. The first-order valence-corrected chi connectivity index (χ1v) is 11.2. The van der Waals surface area contributed by atoms with Gasteiger partial charge in [-0.15, -0.1) is 0 Å². The maximum Gasteiger partial charge on any atom is 0.254 e. The molecule has 7 rings (SSSR count). The van der Waals surface area contributed by atoms with Gasteiger partial charge in [-0.05, 0) is 29.8 Å². The lowest BCUT2D eigenvalue weighted by Crippen LogP contribution is -2.25. The van der Waals surface area contributed by atoms with Gasteiger partial charge in [0.2, 0.25) is 5.88 Å². The SMILES string of the molecule is O=C1NCc2c(-c3cnc4cc(F)ccn34)ccc(Nc3ccc4c(n3)OC[C@@H]3COC[C@H]43)c21. The largest absolute Gasteiger partial charge is 0.477 e. The molecule has 3 aromatic heterocycles. The molecule has 6 heterocycles. The van der Waals surface area contributed by atoms with Crippen molar-refractivity contribution < 1.29 is 18.7 Å². The highest BCUT2D eigenvalue weighted by molar-refractivity contribution is 6.06. The molecule has 2 N–H and O–H groups in total. The lowest BCUT2D eigenvalue weighted by atomic mass is 9.88. The molecule has 0 saturated carbocycles. The van der Waals surface area contributed by atoms with Crippen LogP contribution >= 0.6 is 0 Å². The Labute approximate surface area is 193 Å². The Balaban J connectivity index is 1.27. The molecule has 1 amide bonds. The van der Waals surface area contributed by atoms with E-state index in [1.165, 1.54) is 12.1 Å². The minimum Gasteiger partial charge on any atom is -0.477 e. The van der Waals surface area contributed by atoms with Gasteiger partial charge in [-0.2, -0.15) is 4.98 Å². The van der Waals surface area contributed by atoms with Crippen LogP contribution < -0.4 is 15.4 Å². The predicted octanol–water partition coefficient (Wildman–Crippen LogP) is 3.64. The molecule has 8 nitrogen and oxygen atoms in total. The van der Waals surface area contributed by atoms with Crippen LogP contribution in [0.3, 0.4) is 0 Å². The quantitative estimate of drug-likeness (QED) is 0.488. The summed E-state index contributed by atoms with van der Waals surface area (Å²) >= 11 is 0. The van der Waals surface area contributed by atoms with Crippen LogP contribution in [0.1, 0.15) is 27.4 Å². The van der Waals surface area contributed by atoms with Gasteiger partial charge in [0.15, 0.2) is 0 Å². The minimum atomic E-state index is -0.344. The van der Waals surface area contributed by atoms with Crippen molar-refractivity contribution in [2.45, 2.75) is 12.5 Å². The smallest absolute Gasteiger partial charge is 0.254 e. The number of amides is 1. The molecule has 0 radical (unpaired) electrons.